The zero-order valence-electron chi connectivity index (χ0n) is 15.2. The van der Waals surface area contributed by atoms with Gasteiger partial charge in [0.2, 0.25) is 0 Å². The first kappa shape index (κ1) is 21.5. The zero-order chi connectivity index (χ0) is 16.5. The topological polar surface area (TPSA) is 37.3 Å². The molecule has 0 aliphatic carbocycles. The molecule has 0 fully saturated rings. The van der Waals surface area contributed by atoms with E-state index in [1.807, 2.05) is 0 Å². The first-order valence-electron chi connectivity index (χ1n) is 9.88. The molecule has 132 valence electrons. The van der Waals surface area contributed by atoms with Crippen molar-refractivity contribution in [2.24, 2.45) is 5.92 Å². The van der Waals surface area contributed by atoms with Crippen LogP contribution in [0, 0.1) is 5.92 Å². The Hall–Kier alpha value is -0.530. The summed E-state index contributed by atoms with van der Waals surface area (Å²) in [7, 11) is 0. The fourth-order valence-corrected chi connectivity index (χ4v) is 3.07. The van der Waals surface area contributed by atoms with E-state index in [1.165, 1.54) is 83.5 Å². The lowest BCUT2D eigenvalue weighted by molar-refractivity contribution is -0.137. The third kappa shape index (κ3) is 17.5. The molecule has 0 saturated heterocycles. The maximum atomic E-state index is 10.4. The third-order valence-corrected chi connectivity index (χ3v) is 4.64. The lowest BCUT2D eigenvalue weighted by Gasteiger charge is -2.11. The van der Waals surface area contributed by atoms with E-state index in [0.29, 0.717) is 6.42 Å². The molecule has 0 aliphatic heterocycles. The molecule has 0 heterocycles. The predicted molar refractivity (Wildman–Crippen MR) is 96.3 cm³/mol. The molecule has 0 bridgehead atoms. The minimum absolute atomic E-state index is 0.343. The molecule has 0 radical (unpaired) electrons. The first-order chi connectivity index (χ1) is 10.7. The van der Waals surface area contributed by atoms with Crippen LogP contribution >= 0.6 is 0 Å². The molecule has 0 aromatic carbocycles. The van der Waals surface area contributed by atoms with Gasteiger partial charge in [-0.25, -0.2) is 0 Å². The van der Waals surface area contributed by atoms with Gasteiger partial charge in [-0.15, -0.1) is 0 Å². The summed E-state index contributed by atoms with van der Waals surface area (Å²) in [5.74, 6) is 0.251. The summed E-state index contributed by atoms with van der Waals surface area (Å²) in [5, 5.41) is 8.55. The van der Waals surface area contributed by atoms with Crippen LogP contribution in [0.1, 0.15) is 117 Å². The highest BCUT2D eigenvalue weighted by Gasteiger charge is 2.02. The van der Waals surface area contributed by atoms with Crippen LogP contribution in [0.25, 0.3) is 0 Å². The van der Waals surface area contributed by atoms with Crippen molar-refractivity contribution in [3.63, 3.8) is 0 Å². The summed E-state index contributed by atoms with van der Waals surface area (Å²) in [4.78, 5) is 10.4. The second kappa shape index (κ2) is 16.8. The second-order valence-corrected chi connectivity index (χ2v) is 7.07. The Morgan fingerprint density at radius 1 is 0.727 bits per heavy atom. The molecule has 22 heavy (non-hydrogen) atoms. The van der Waals surface area contributed by atoms with Crippen molar-refractivity contribution in [3.8, 4) is 0 Å². The van der Waals surface area contributed by atoms with E-state index >= 15 is 0 Å². The smallest absolute Gasteiger partial charge is 0.303 e. The van der Waals surface area contributed by atoms with E-state index in [9.17, 15) is 4.79 Å². The quantitative estimate of drug-likeness (QED) is 0.294. The SMILES string of the molecule is CCCCCCCCC(C)CCCCCCCCCC(=O)O. The van der Waals surface area contributed by atoms with Crippen molar-refractivity contribution in [2.75, 3.05) is 0 Å². The number of carboxylic acid groups (broad SMARTS) is 1. The average molecular weight is 313 g/mol. The van der Waals surface area contributed by atoms with Gasteiger partial charge in [-0.1, -0.05) is 104 Å². The highest BCUT2D eigenvalue weighted by molar-refractivity contribution is 5.66. The average Bonchev–Trinajstić information content (AvgIpc) is 2.48. The normalized spacial score (nSPS) is 12.5. The van der Waals surface area contributed by atoms with Gasteiger partial charge in [0, 0.05) is 6.42 Å². The minimum Gasteiger partial charge on any atom is -0.481 e. The van der Waals surface area contributed by atoms with Gasteiger partial charge >= 0.3 is 5.97 Å². The van der Waals surface area contributed by atoms with Gasteiger partial charge in [0.15, 0.2) is 0 Å². The minimum atomic E-state index is -0.653. The molecule has 2 nitrogen and oxygen atoms in total. The first-order valence-corrected chi connectivity index (χ1v) is 9.88. The second-order valence-electron chi connectivity index (χ2n) is 7.07. The van der Waals surface area contributed by atoms with Gasteiger partial charge in [0.1, 0.15) is 0 Å². The van der Waals surface area contributed by atoms with Gasteiger partial charge in [-0.05, 0) is 12.3 Å². The van der Waals surface area contributed by atoms with Crippen LogP contribution in [0.5, 0.6) is 0 Å². The molecule has 0 rings (SSSR count). The van der Waals surface area contributed by atoms with Crippen LogP contribution in [0.2, 0.25) is 0 Å². The van der Waals surface area contributed by atoms with Crippen molar-refractivity contribution < 1.29 is 9.90 Å². The van der Waals surface area contributed by atoms with E-state index in [4.69, 9.17) is 5.11 Å². The number of hydrogen-bond acceptors (Lipinski definition) is 1. The standard InChI is InChI=1S/C20H40O2/c1-3-4-5-6-10-13-16-19(2)17-14-11-8-7-9-12-15-18-20(21)22/h19H,3-18H2,1-2H3,(H,21,22). The number of aliphatic carboxylic acids is 1. The van der Waals surface area contributed by atoms with Crippen LogP contribution in [0.15, 0.2) is 0 Å². The molecule has 1 N–H and O–H groups in total. The van der Waals surface area contributed by atoms with E-state index in [1.54, 1.807) is 0 Å². The molecule has 1 unspecified atom stereocenters. The van der Waals surface area contributed by atoms with Gasteiger partial charge in [0.05, 0.1) is 0 Å². The summed E-state index contributed by atoms with van der Waals surface area (Å²) >= 11 is 0. The van der Waals surface area contributed by atoms with Crippen LogP contribution in [-0.2, 0) is 4.79 Å². The van der Waals surface area contributed by atoms with Crippen LogP contribution in [-0.4, -0.2) is 11.1 Å². The number of hydrogen-bond donors (Lipinski definition) is 1. The summed E-state index contributed by atoms with van der Waals surface area (Å²) in [5.41, 5.74) is 0. The molecular weight excluding hydrogens is 272 g/mol. The highest BCUT2D eigenvalue weighted by atomic mass is 16.4. The largest absolute Gasteiger partial charge is 0.481 e. The number of rotatable bonds is 17. The van der Waals surface area contributed by atoms with E-state index < -0.39 is 5.97 Å². The highest BCUT2D eigenvalue weighted by Crippen LogP contribution is 2.18. The van der Waals surface area contributed by atoms with E-state index in [2.05, 4.69) is 13.8 Å². The molecule has 0 amide bonds. The summed E-state index contributed by atoms with van der Waals surface area (Å²) in [6.07, 6.45) is 20.1. The van der Waals surface area contributed by atoms with Crippen LogP contribution < -0.4 is 0 Å². The van der Waals surface area contributed by atoms with Crippen molar-refractivity contribution in [1.29, 1.82) is 0 Å². The van der Waals surface area contributed by atoms with Crippen molar-refractivity contribution in [2.45, 2.75) is 117 Å². The van der Waals surface area contributed by atoms with Gasteiger partial charge in [-0.2, -0.15) is 0 Å². The third-order valence-electron chi connectivity index (χ3n) is 4.64. The summed E-state index contributed by atoms with van der Waals surface area (Å²) in [6.45, 7) is 4.69. The van der Waals surface area contributed by atoms with Crippen molar-refractivity contribution in [1.82, 2.24) is 0 Å². The molecule has 0 spiro atoms. The van der Waals surface area contributed by atoms with E-state index in [0.717, 1.165) is 18.8 Å². The number of carbonyl (C=O) groups is 1. The Kier molecular flexibility index (Phi) is 16.4. The molecule has 0 aliphatic rings. The van der Waals surface area contributed by atoms with Gasteiger partial charge in [-0.3, -0.25) is 4.79 Å². The Labute approximate surface area is 139 Å². The zero-order valence-corrected chi connectivity index (χ0v) is 15.2. The fourth-order valence-electron chi connectivity index (χ4n) is 3.07. The Balaban J connectivity index is 3.15. The van der Waals surface area contributed by atoms with Gasteiger partial charge in [0.25, 0.3) is 0 Å². The van der Waals surface area contributed by atoms with Crippen LogP contribution in [0.4, 0.5) is 0 Å². The Morgan fingerprint density at radius 3 is 1.59 bits per heavy atom. The van der Waals surface area contributed by atoms with E-state index in [-0.39, 0.29) is 0 Å². The Bertz CT molecular complexity index is 238. The maximum absolute atomic E-state index is 10.4. The number of carboxylic acids is 1. The fraction of sp³-hybridized carbons (Fsp3) is 0.950. The molecule has 2 heteroatoms. The lowest BCUT2D eigenvalue weighted by Crippen LogP contribution is -1.95. The van der Waals surface area contributed by atoms with Crippen molar-refractivity contribution in [3.05, 3.63) is 0 Å². The van der Waals surface area contributed by atoms with Crippen molar-refractivity contribution >= 4 is 5.97 Å². The molecular formula is C20H40O2. The summed E-state index contributed by atoms with van der Waals surface area (Å²) < 4.78 is 0. The summed E-state index contributed by atoms with van der Waals surface area (Å²) in [6, 6.07) is 0. The van der Waals surface area contributed by atoms with Crippen LogP contribution in [0.3, 0.4) is 0 Å². The number of unbranched alkanes of at least 4 members (excludes halogenated alkanes) is 11. The monoisotopic (exact) mass is 312 g/mol. The predicted octanol–water partition coefficient (Wildman–Crippen LogP) is 6.97. The molecule has 0 aromatic heterocycles. The Morgan fingerprint density at radius 2 is 1.14 bits per heavy atom. The van der Waals surface area contributed by atoms with Gasteiger partial charge < -0.3 is 5.11 Å². The molecule has 0 aromatic rings. The maximum Gasteiger partial charge on any atom is 0.303 e. The molecule has 1 atom stereocenters. The molecule has 0 saturated carbocycles. The lowest BCUT2D eigenvalue weighted by atomic mass is 9.96.